The number of fused-ring (bicyclic) bond motifs is 2. The first-order valence-electron chi connectivity index (χ1n) is 9.46. The predicted octanol–water partition coefficient (Wildman–Crippen LogP) is 4.32. The minimum Gasteiger partial charge on any atom is -0.380 e. The van der Waals surface area contributed by atoms with Crippen molar-refractivity contribution in [1.29, 1.82) is 0 Å². The Labute approximate surface area is 158 Å². The largest absolute Gasteiger partial charge is 0.380 e. The van der Waals surface area contributed by atoms with E-state index < -0.39 is 0 Å². The maximum absolute atomic E-state index is 13.4. The molecule has 4 rings (SSSR count). The molecule has 2 aromatic rings. The molecule has 0 spiro atoms. The second-order valence-electron chi connectivity index (χ2n) is 7.61. The van der Waals surface area contributed by atoms with Crippen LogP contribution in [0.3, 0.4) is 0 Å². The number of rotatable bonds is 5. The molecule has 2 heterocycles. The molecule has 2 fully saturated rings. The summed E-state index contributed by atoms with van der Waals surface area (Å²) >= 11 is 0. The molecule has 2 aliphatic heterocycles. The van der Waals surface area contributed by atoms with E-state index in [0.717, 1.165) is 30.4 Å². The predicted molar refractivity (Wildman–Crippen MR) is 99.5 cm³/mol. The first kappa shape index (κ1) is 18.5. The van der Waals surface area contributed by atoms with Gasteiger partial charge in [-0.15, -0.1) is 0 Å². The third-order valence-electron chi connectivity index (χ3n) is 6.05. The average Bonchev–Trinajstić information content (AvgIpc) is 2.85. The van der Waals surface area contributed by atoms with Crippen molar-refractivity contribution in [3.63, 3.8) is 0 Å². The van der Waals surface area contributed by atoms with Gasteiger partial charge in [0.2, 0.25) is 0 Å². The fourth-order valence-corrected chi connectivity index (χ4v) is 4.56. The van der Waals surface area contributed by atoms with Crippen molar-refractivity contribution in [1.82, 2.24) is 4.90 Å². The third kappa shape index (κ3) is 3.77. The monoisotopic (exact) mass is 373 g/mol. The van der Waals surface area contributed by atoms with Gasteiger partial charge in [-0.3, -0.25) is 4.90 Å². The molecule has 144 valence electrons. The van der Waals surface area contributed by atoms with E-state index in [0.29, 0.717) is 12.1 Å². The lowest BCUT2D eigenvalue weighted by atomic mass is 9.97. The summed E-state index contributed by atoms with van der Waals surface area (Å²) in [6.07, 6.45) is 2.82. The van der Waals surface area contributed by atoms with E-state index in [1.54, 1.807) is 31.4 Å². The Balaban J connectivity index is 1.58. The number of hydrogen-bond donors (Lipinski definition) is 0. The summed E-state index contributed by atoms with van der Waals surface area (Å²) in [5.41, 5.74) is 1.75. The lowest BCUT2D eigenvalue weighted by Crippen LogP contribution is -2.45. The minimum atomic E-state index is -0.347. The SMILES string of the molecule is CO[C@@H]1C[C@@H]2C[C@@H](OC(c3ccc(F)cc3)c3ccc(F)cc3)C[C@@H]1N2C. The van der Waals surface area contributed by atoms with Crippen molar-refractivity contribution >= 4 is 0 Å². The molecule has 2 bridgehead atoms. The number of benzene rings is 2. The molecule has 3 nitrogen and oxygen atoms in total. The zero-order valence-corrected chi connectivity index (χ0v) is 15.6. The number of piperidine rings is 1. The van der Waals surface area contributed by atoms with Crippen LogP contribution < -0.4 is 0 Å². The van der Waals surface area contributed by atoms with Gasteiger partial charge in [0, 0.05) is 19.2 Å². The summed E-state index contributed by atoms with van der Waals surface area (Å²) < 4.78 is 39.0. The van der Waals surface area contributed by atoms with Gasteiger partial charge in [0.1, 0.15) is 17.7 Å². The zero-order chi connectivity index (χ0) is 19.0. The van der Waals surface area contributed by atoms with Crippen LogP contribution in [0.4, 0.5) is 8.78 Å². The van der Waals surface area contributed by atoms with Crippen LogP contribution in [-0.2, 0) is 9.47 Å². The minimum absolute atomic E-state index is 0.0801. The third-order valence-corrected chi connectivity index (χ3v) is 6.05. The van der Waals surface area contributed by atoms with Crippen molar-refractivity contribution in [2.75, 3.05) is 14.2 Å². The van der Waals surface area contributed by atoms with Gasteiger partial charge in [-0.2, -0.15) is 0 Å². The number of methoxy groups -OCH3 is 1. The van der Waals surface area contributed by atoms with Gasteiger partial charge >= 0.3 is 0 Å². The van der Waals surface area contributed by atoms with Gasteiger partial charge in [0.25, 0.3) is 0 Å². The quantitative estimate of drug-likeness (QED) is 0.779. The average molecular weight is 373 g/mol. The molecule has 0 aliphatic carbocycles. The molecule has 2 aromatic carbocycles. The van der Waals surface area contributed by atoms with Crippen LogP contribution in [0.1, 0.15) is 36.5 Å². The Morgan fingerprint density at radius 1 is 0.889 bits per heavy atom. The zero-order valence-electron chi connectivity index (χ0n) is 15.6. The van der Waals surface area contributed by atoms with Crippen molar-refractivity contribution in [2.24, 2.45) is 0 Å². The lowest BCUT2D eigenvalue weighted by Gasteiger charge is -2.38. The van der Waals surface area contributed by atoms with Gasteiger partial charge in [-0.1, -0.05) is 24.3 Å². The summed E-state index contributed by atoms with van der Waals surface area (Å²) in [4.78, 5) is 2.40. The van der Waals surface area contributed by atoms with Crippen molar-refractivity contribution < 1.29 is 18.3 Å². The second-order valence-corrected chi connectivity index (χ2v) is 7.61. The van der Waals surface area contributed by atoms with Gasteiger partial charge < -0.3 is 9.47 Å². The van der Waals surface area contributed by atoms with Gasteiger partial charge in [-0.25, -0.2) is 8.78 Å². The number of hydrogen-bond acceptors (Lipinski definition) is 3. The fraction of sp³-hybridized carbons (Fsp3) is 0.455. The first-order chi connectivity index (χ1) is 13.0. The lowest BCUT2D eigenvalue weighted by molar-refractivity contribution is -0.0523. The number of likely N-dealkylation sites (N-methyl/N-ethyl adjacent to an activating group) is 1. The van der Waals surface area contributed by atoms with Crippen molar-refractivity contribution in [3.05, 3.63) is 71.3 Å². The Bertz CT molecular complexity index is 719. The molecule has 0 N–H and O–H groups in total. The van der Waals surface area contributed by atoms with Crippen LogP contribution in [0.5, 0.6) is 0 Å². The van der Waals surface area contributed by atoms with Gasteiger partial charge in [-0.05, 0) is 61.7 Å². The van der Waals surface area contributed by atoms with E-state index in [4.69, 9.17) is 9.47 Å². The Hall–Kier alpha value is -1.82. The number of halogens is 2. The number of nitrogens with zero attached hydrogens (tertiary/aromatic N) is 1. The molecule has 4 atom stereocenters. The highest BCUT2D eigenvalue weighted by Gasteiger charge is 2.46. The smallest absolute Gasteiger partial charge is 0.123 e. The fourth-order valence-electron chi connectivity index (χ4n) is 4.56. The first-order valence-corrected chi connectivity index (χ1v) is 9.46. The summed E-state index contributed by atoms with van der Waals surface area (Å²) in [5, 5.41) is 0. The maximum atomic E-state index is 13.4. The van der Waals surface area contributed by atoms with Crippen molar-refractivity contribution in [2.45, 2.75) is 49.7 Å². The highest BCUT2D eigenvalue weighted by Crippen LogP contribution is 2.39. The summed E-state index contributed by atoms with van der Waals surface area (Å²) in [6, 6.07) is 13.5. The molecule has 2 saturated heterocycles. The van der Waals surface area contributed by atoms with E-state index in [-0.39, 0.29) is 29.9 Å². The van der Waals surface area contributed by atoms with Crippen LogP contribution in [0.15, 0.2) is 48.5 Å². The molecule has 0 amide bonds. The van der Waals surface area contributed by atoms with E-state index in [1.807, 2.05) is 0 Å². The van der Waals surface area contributed by atoms with Crippen molar-refractivity contribution in [3.8, 4) is 0 Å². The molecule has 5 heteroatoms. The van der Waals surface area contributed by atoms with E-state index in [9.17, 15) is 8.78 Å². The van der Waals surface area contributed by atoms with Crippen LogP contribution in [0.25, 0.3) is 0 Å². The summed E-state index contributed by atoms with van der Waals surface area (Å²) in [7, 11) is 3.93. The van der Waals surface area contributed by atoms with E-state index in [1.165, 1.54) is 24.3 Å². The van der Waals surface area contributed by atoms with Crippen LogP contribution >= 0.6 is 0 Å². The molecular formula is C22H25F2NO2. The Morgan fingerprint density at radius 3 is 1.96 bits per heavy atom. The maximum Gasteiger partial charge on any atom is 0.123 e. The van der Waals surface area contributed by atoms with E-state index in [2.05, 4.69) is 11.9 Å². The van der Waals surface area contributed by atoms with Gasteiger partial charge in [0.15, 0.2) is 0 Å². The van der Waals surface area contributed by atoms with Crippen LogP contribution in [0.2, 0.25) is 0 Å². The summed E-state index contributed by atoms with van der Waals surface area (Å²) in [6.45, 7) is 0. The molecule has 0 aromatic heterocycles. The standard InChI is InChI=1S/C22H25F2NO2/c1-25-18-11-19(13-20(25)21(12-18)26-2)27-22(14-3-7-16(23)8-4-14)15-5-9-17(24)10-6-15/h3-10,18-22H,11-13H2,1-2H3/t18-,19+,20-,21+/m0/s1. The highest BCUT2D eigenvalue weighted by atomic mass is 19.1. The Kier molecular flexibility index (Phi) is 5.26. The highest BCUT2D eigenvalue weighted by molar-refractivity contribution is 5.30. The van der Waals surface area contributed by atoms with E-state index >= 15 is 0 Å². The van der Waals surface area contributed by atoms with Crippen LogP contribution in [0, 0.1) is 11.6 Å². The molecule has 2 aliphatic rings. The molecule has 0 unspecified atom stereocenters. The second kappa shape index (κ2) is 7.66. The molecular weight excluding hydrogens is 348 g/mol. The summed E-state index contributed by atoms with van der Waals surface area (Å²) in [5.74, 6) is -0.561. The topological polar surface area (TPSA) is 21.7 Å². The molecule has 0 saturated carbocycles. The van der Waals surface area contributed by atoms with Crippen LogP contribution in [-0.4, -0.2) is 43.3 Å². The van der Waals surface area contributed by atoms with Gasteiger partial charge in [0.05, 0.1) is 12.2 Å². The Morgan fingerprint density at radius 2 is 1.44 bits per heavy atom. The normalized spacial score (nSPS) is 28.0. The molecule has 27 heavy (non-hydrogen) atoms. The molecule has 0 radical (unpaired) electrons. The number of ether oxygens (including phenoxy) is 2.